The minimum atomic E-state index is -0.605. The normalized spacial score (nSPS) is 9.75. The second kappa shape index (κ2) is 3.61. The SMILES string of the molecule is Nc1nc(CI)ncc1[N+](=O)[O-]. The predicted molar refractivity (Wildman–Crippen MR) is 50.8 cm³/mol. The van der Waals surface area contributed by atoms with E-state index in [-0.39, 0.29) is 11.5 Å². The van der Waals surface area contributed by atoms with E-state index in [1.54, 1.807) is 0 Å². The number of aromatic nitrogens is 2. The van der Waals surface area contributed by atoms with Crippen molar-refractivity contribution in [2.45, 2.75) is 4.43 Å². The molecular formula is C5H5IN4O2. The molecule has 1 rings (SSSR count). The van der Waals surface area contributed by atoms with Crippen LogP contribution in [0.1, 0.15) is 5.82 Å². The topological polar surface area (TPSA) is 94.9 Å². The van der Waals surface area contributed by atoms with Gasteiger partial charge >= 0.3 is 5.69 Å². The second-order valence-electron chi connectivity index (χ2n) is 1.95. The van der Waals surface area contributed by atoms with Gasteiger partial charge in [-0.25, -0.2) is 9.97 Å². The van der Waals surface area contributed by atoms with Crippen molar-refractivity contribution < 1.29 is 4.92 Å². The van der Waals surface area contributed by atoms with Crippen LogP contribution in [0.4, 0.5) is 11.5 Å². The quantitative estimate of drug-likeness (QED) is 0.376. The highest BCUT2D eigenvalue weighted by atomic mass is 127. The Hall–Kier alpha value is -0.990. The van der Waals surface area contributed by atoms with Crippen LogP contribution in [-0.2, 0) is 4.43 Å². The Labute approximate surface area is 81.5 Å². The molecule has 0 saturated heterocycles. The van der Waals surface area contributed by atoms with Crippen molar-refractivity contribution >= 4 is 34.1 Å². The summed E-state index contributed by atoms with van der Waals surface area (Å²) in [4.78, 5) is 17.1. The summed E-state index contributed by atoms with van der Waals surface area (Å²) in [5.41, 5.74) is 5.06. The van der Waals surface area contributed by atoms with Crippen molar-refractivity contribution in [3.05, 3.63) is 22.1 Å². The first kappa shape index (κ1) is 9.10. The Bertz CT molecular complexity index is 316. The summed E-state index contributed by atoms with van der Waals surface area (Å²) in [6.07, 6.45) is 1.12. The van der Waals surface area contributed by atoms with Crippen molar-refractivity contribution in [3.8, 4) is 0 Å². The summed E-state index contributed by atoms with van der Waals surface area (Å²) in [6, 6.07) is 0. The lowest BCUT2D eigenvalue weighted by atomic mass is 10.5. The molecule has 1 aromatic rings. The van der Waals surface area contributed by atoms with Crippen LogP contribution < -0.4 is 5.73 Å². The van der Waals surface area contributed by atoms with E-state index in [0.717, 1.165) is 6.20 Å². The molecular weight excluding hydrogens is 275 g/mol. The number of anilines is 1. The van der Waals surface area contributed by atoms with Crippen LogP contribution in [0.3, 0.4) is 0 Å². The standard InChI is InChI=1S/C5H5IN4O2/c6-1-4-8-2-3(10(11)12)5(7)9-4/h2H,1H2,(H2,7,8,9). The predicted octanol–water partition coefficient (Wildman–Crippen LogP) is 0.902. The van der Waals surface area contributed by atoms with Gasteiger partial charge < -0.3 is 5.73 Å². The third-order valence-corrected chi connectivity index (χ3v) is 1.85. The van der Waals surface area contributed by atoms with Crippen molar-refractivity contribution in [2.75, 3.05) is 5.73 Å². The molecule has 0 spiro atoms. The zero-order chi connectivity index (χ0) is 9.14. The zero-order valence-corrected chi connectivity index (χ0v) is 8.06. The first-order valence-electron chi connectivity index (χ1n) is 2.97. The number of nitro groups is 1. The van der Waals surface area contributed by atoms with Gasteiger partial charge in [0.05, 0.1) is 9.35 Å². The average Bonchev–Trinajstić information content (AvgIpc) is 2.03. The molecule has 0 saturated carbocycles. The average molecular weight is 280 g/mol. The fraction of sp³-hybridized carbons (Fsp3) is 0.200. The molecule has 0 aliphatic rings. The molecule has 0 aliphatic heterocycles. The molecule has 0 bridgehead atoms. The van der Waals surface area contributed by atoms with E-state index < -0.39 is 4.92 Å². The smallest absolute Gasteiger partial charge is 0.329 e. The highest BCUT2D eigenvalue weighted by Crippen LogP contribution is 2.16. The summed E-state index contributed by atoms with van der Waals surface area (Å²) in [5.74, 6) is 0.417. The Morgan fingerprint density at radius 3 is 2.83 bits per heavy atom. The molecule has 0 aliphatic carbocycles. The second-order valence-corrected chi connectivity index (χ2v) is 2.71. The minimum Gasteiger partial charge on any atom is -0.378 e. The van der Waals surface area contributed by atoms with Crippen molar-refractivity contribution in [2.24, 2.45) is 0 Å². The van der Waals surface area contributed by atoms with Gasteiger partial charge in [0.1, 0.15) is 12.0 Å². The largest absolute Gasteiger partial charge is 0.378 e. The fourth-order valence-electron chi connectivity index (χ4n) is 0.632. The molecule has 0 fully saturated rings. The number of hydrogen-bond donors (Lipinski definition) is 1. The van der Waals surface area contributed by atoms with E-state index >= 15 is 0 Å². The highest BCUT2D eigenvalue weighted by molar-refractivity contribution is 14.1. The lowest BCUT2D eigenvalue weighted by molar-refractivity contribution is -0.384. The molecule has 0 unspecified atom stereocenters. The molecule has 12 heavy (non-hydrogen) atoms. The molecule has 64 valence electrons. The Kier molecular flexibility index (Phi) is 2.74. The lowest BCUT2D eigenvalue weighted by Gasteiger charge is -1.96. The molecule has 6 nitrogen and oxygen atoms in total. The summed E-state index contributed by atoms with van der Waals surface area (Å²) in [5, 5.41) is 10.3. The maximum absolute atomic E-state index is 10.3. The molecule has 7 heteroatoms. The first-order chi connectivity index (χ1) is 5.65. The van der Waals surface area contributed by atoms with E-state index in [9.17, 15) is 10.1 Å². The maximum Gasteiger partial charge on any atom is 0.329 e. The lowest BCUT2D eigenvalue weighted by Crippen LogP contribution is -2.02. The van der Waals surface area contributed by atoms with Crippen LogP contribution in [-0.4, -0.2) is 14.9 Å². The van der Waals surface area contributed by atoms with Gasteiger partial charge in [0.15, 0.2) is 0 Å². The van der Waals surface area contributed by atoms with E-state index in [1.807, 2.05) is 22.6 Å². The first-order valence-corrected chi connectivity index (χ1v) is 4.49. The van der Waals surface area contributed by atoms with Gasteiger partial charge in [0.2, 0.25) is 5.82 Å². The Morgan fingerprint density at radius 2 is 2.42 bits per heavy atom. The van der Waals surface area contributed by atoms with E-state index in [2.05, 4.69) is 9.97 Å². The third-order valence-electron chi connectivity index (χ3n) is 1.16. The van der Waals surface area contributed by atoms with Gasteiger partial charge in [-0.05, 0) is 0 Å². The number of nitrogen functional groups attached to an aromatic ring is 1. The monoisotopic (exact) mass is 280 g/mol. The summed E-state index contributed by atoms with van der Waals surface area (Å²) < 4.78 is 0.583. The van der Waals surface area contributed by atoms with E-state index in [1.165, 1.54) is 0 Å². The molecule has 2 N–H and O–H groups in total. The van der Waals surface area contributed by atoms with Crippen molar-refractivity contribution in [3.63, 3.8) is 0 Å². The van der Waals surface area contributed by atoms with Crippen molar-refractivity contribution in [1.29, 1.82) is 0 Å². The van der Waals surface area contributed by atoms with Crippen LogP contribution in [0.5, 0.6) is 0 Å². The Morgan fingerprint density at radius 1 is 1.75 bits per heavy atom. The molecule has 0 radical (unpaired) electrons. The van der Waals surface area contributed by atoms with E-state index in [0.29, 0.717) is 10.3 Å². The van der Waals surface area contributed by atoms with Crippen LogP contribution in [0.15, 0.2) is 6.20 Å². The highest BCUT2D eigenvalue weighted by Gasteiger charge is 2.13. The summed E-state index contributed by atoms with van der Waals surface area (Å²) in [7, 11) is 0. The van der Waals surface area contributed by atoms with Crippen LogP contribution in [0, 0.1) is 10.1 Å². The minimum absolute atomic E-state index is 0.0818. The number of hydrogen-bond acceptors (Lipinski definition) is 5. The van der Waals surface area contributed by atoms with Gasteiger partial charge in [-0.1, -0.05) is 22.6 Å². The zero-order valence-electron chi connectivity index (χ0n) is 5.90. The third kappa shape index (κ3) is 1.78. The van der Waals surface area contributed by atoms with E-state index in [4.69, 9.17) is 5.73 Å². The molecule has 1 aromatic heterocycles. The molecule has 1 heterocycles. The molecule has 0 amide bonds. The van der Waals surface area contributed by atoms with Crippen molar-refractivity contribution in [1.82, 2.24) is 9.97 Å². The number of halogens is 1. The van der Waals surface area contributed by atoms with Gasteiger partial charge in [0.25, 0.3) is 0 Å². The Balaban J connectivity index is 3.12. The number of nitrogens with zero attached hydrogens (tertiary/aromatic N) is 3. The fourth-order valence-corrected chi connectivity index (χ4v) is 1.000. The number of alkyl halides is 1. The number of rotatable bonds is 2. The van der Waals surface area contributed by atoms with Gasteiger partial charge in [-0.15, -0.1) is 0 Å². The molecule has 0 aromatic carbocycles. The molecule has 0 atom stereocenters. The van der Waals surface area contributed by atoms with Crippen LogP contribution in [0.25, 0.3) is 0 Å². The van der Waals surface area contributed by atoms with Crippen LogP contribution in [0.2, 0.25) is 0 Å². The van der Waals surface area contributed by atoms with Crippen LogP contribution >= 0.6 is 22.6 Å². The van der Waals surface area contributed by atoms with Gasteiger partial charge in [0, 0.05) is 0 Å². The van der Waals surface area contributed by atoms with Gasteiger partial charge in [-0.2, -0.15) is 0 Å². The number of nitrogens with two attached hydrogens (primary N) is 1. The maximum atomic E-state index is 10.3. The van der Waals surface area contributed by atoms with Gasteiger partial charge in [-0.3, -0.25) is 10.1 Å². The summed E-state index contributed by atoms with van der Waals surface area (Å²) in [6.45, 7) is 0. The summed E-state index contributed by atoms with van der Waals surface area (Å²) >= 11 is 2.05.